The molecule has 4 heteroatoms. The number of hydrogen-bond donors (Lipinski definition) is 1. The maximum absolute atomic E-state index is 11.0. The maximum atomic E-state index is 11.0. The van der Waals surface area contributed by atoms with E-state index in [9.17, 15) is 4.79 Å². The minimum atomic E-state index is 0.164. The molecule has 1 aliphatic rings. The van der Waals surface area contributed by atoms with Crippen LogP contribution in [0.15, 0.2) is 0 Å². The average Bonchev–Trinajstić information content (AvgIpc) is 1.95. The first kappa shape index (κ1) is 7.50. The third-order valence-corrected chi connectivity index (χ3v) is 1.79. The molecule has 10 heavy (non-hydrogen) atoms. The van der Waals surface area contributed by atoms with Gasteiger partial charge in [-0.15, -0.1) is 0 Å². The van der Waals surface area contributed by atoms with Gasteiger partial charge >= 0.3 is 0 Å². The first-order chi connectivity index (χ1) is 4.74. The highest BCUT2D eigenvalue weighted by Gasteiger charge is 2.18. The van der Waals surface area contributed by atoms with Gasteiger partial charge in [-0.1, -0.05) is 0 Å². The lowest BCUT2D eigenvalue weighted by Crippen LogP contribution is -2.50. The van der Waals surface area contributed by atoms with E-state index in [4.69, 9.17) is 5.73 Å². The van der Waals surface area contributed by atoms with Crippen LogP contribution in [-0.2, 0) is 4.79 Å². The zero-order valence-corrected chi connectivity index (χ0v) is 6.21. The van der Waals surface area contributed by atoms with E-state index in [0.717, 1.165) is 13.1 Å². The van der Waals surface area contributed by atoms with E-state index in [2.05, 4.69) is 0 Å². The molecule has 1 fully saturated rings. The van der Waals surface area contributed by atoms with Crippen molar-refractivity contribution >= 4 is 5.91 Å². The van der Waals surface area contributed by atoms with Gasteiger partial charge in [-0.05, 0) is 0 Å². The number of amides is 1. The van der Waals surface area contributed by atoms with Crippen LogP contribution in [0, 0.1) is 0 Å². The van der Waals surface area contributed by atoms with Crippen molar-refractivity contribution in [2.45, 2.75) is 0 Å². The van der Waals surface area contributed by atoms with Crippen molar-refractivity contribution in [1.82, 2.24) is 9.80 Å². The summed E-state index contributed by atoms with van der Waals surface area (Å²) < 4.78 is 0. The van der Waals surface area contributed by atoms with Gasteiger partial charge in [0.1, 0.15) is 0 Å². The van der Waals surface area contributed by atoms with Crippen molar-refractivity contribution in [1.29, 1.82) is 0 Å². The molecule has 1 aliphatic heterocycles. The standard InChI is InChI=1S/C6H13N3O/c1-8-2-3-9(5-7)4-6(8)10/h2-5,7H2,1H3. The third kappa shape index (κ3) is 1.46. The molecule has 58 valence electrons. The van der Waals surface area contributed by atoms with Crippen molar-refractivity contribution in [3.05, 3.63) is 0 Å². The zero-order valence-electron chi connectivity index (χ0n) is 6.21. The molecule has 0 aromatic heterocycles. The highest BCUT2D eigenvalue weighted by atomic mass is 16.2. The Labute approximate surface area is 60.6 Å². The van der Waals surface area contributed by atoms with E-state index in [1.807, 2.05) is 11.9 Å². The Hall–Kier alpha value is -0.610. The molecule has 1 amide bonds. The molecule has 0 radical (unpaired) electrons. The summed E-state index contributed by atoms with van der Waals surface area (Å²) in [6.07, 6.45) is 0. The van der Waals surface area contributed by atoms with E-state index < -0.39 is 0 Å². The highest BCUT2D eigenvalue weighted by molar-refractivity contribution is 5.78. The van der Waals surface area contributed by atoms with Gasteiger partial charge in [0.25, 0.3) is 0 Å². The Balaban J connectivity index is 2.41. The van der Waals surface area contributed by atoms with Crippen LogP contribution in [0.3, 0.4) is 0 Å². The third-order valence-electron chi connectivity index (χ3n) is 1.79. The maximum Gasteiger partial charge on any atom is 0.236 e. The largest absolute Gasteiger partial charge is 0.343 e. The lowest BCUT2D eigenvalue weighted by Gasteiger charge is -2.30. The fourth-order valence-corrected chi connectivity index (χ4v) is 0.963. The van der Waals surface area contributed by atoms with Gasteiger partial charge in [0.2, 0.25) is 5.91 Å². The van der Waals surface area contributed by atoms with E-state index in [1.54, 1.807) is 4.90 Å². The second-order valence-electron chi connectivity index (χ2n) is 2.55. The predicted octanol–water partition coefficient (Wildman–Crippen LogP) is -1.32. The van der Waals surface area contributed by atoms with Gasteiger partial charge in [-0.3, -0.25) is 9.69 Å². The summed E-state index contributed by atoms with van der Waals surface area (Å²) in [4.78, 5) is 14.7. The van der Waals surface area contributed by atoms with E-state index in [-0.39, 0.29) is 5.91 Å². The molecule has 0 spiro atoms. The highest BCUT2D eigenvalue weighted by Crippen LogP contribution is 1.97. The Kier molecular flexibility index (Phi) is 2.24. The van der Waals surface area contributed by atoms with Crippen molar-refractivity contribution in [2.75, 3.05) is 33.4 Å². The van der Waals surface area contributed by atoms with Gasteiger partial charge in [0.15, 0.2) is 0 Å². The summed E-state index contributed by atoms with van der Waals surface area (Å²) in [7, 11) is 1.82. The molecule has 0 bridgehead atoms. The van der Waals surface area contributed by atoms with Crippen LogP contribution in [0.5, 0.6) is 0 Å². The summed E-state index contributed by atoms with van der Waals surface area (Å²) in [5.74, 6) is 0.164. The summed E-state index contributed by atoms with van der Waals surface area (Å²) in [5.41, 5.74) is 5.37. The van der Waals surface area contributed by atoms with Crippen molar-refractivity contribution in [3.63, 3.8) is 0 Å². The van der Waals surface area contributed by atoms with Crippen LogP contribution < -0.4 is 5.73 Å². The van der Waals surface area contributed by atoms with Crippen LogP contribution in [0.1, 0.15) is 0 Å². The number of carbonyl (C=O) groups is 1. The van der Waals surface area contributed by atoms with Crippen molar-refractivity contribution in [2.24, 2.45) is 5.73 Å². The molecule has 0 aliphatic carbocycles. The Morgan fingerprint density at radius 1 is 1.60 bits per heavy atom. The zero-order chi connectivity index (χ0) is 7.56. The molecule has 0 aromatic rings. The minimum Gasteiger partial charge on any atom is -0.343 e. The number of hydrogen-bond acceptors (Lipinski definition) is 3. The number of carbonyl (C=O) groups excluding carboxylic acids is 1. The molecular weight excluding hydrogens is 130 g/mol. The first-order valence-corrected chi connectivity index (χ1v) is 3.40. The second kappa shape index (κ2) is 2.98. The molecule has 0 aromatic carbocycles. The van der Waals surface area contributed by atoms with Crippen molar-refractivity contribution in [3.8, 4) is 0 Å². The Bertz CT molecular complexity index is 137. The van der Waals surface area contributed by atoms with Gasteiger partial charge in [0, 0.05) is 26.8 Å². The van der Waals surface area contributed by atoms with Crippen LogP contribution >= 0.6 is 0 Å². The van der Waals surface area contributed by atoms with Crippen LogP contribution in [0.25, 0.3) is 0 Å². The molecule has 1 saturated heterocycles. The molecule has 1 heterocycles. The van der Waals surface area contributed by atoms with Gasteiger partial charge in [0.05, 0.1) is 6.54 Å². The summed E-state index contributed by atoms with van der Waals surface area (Å²) in [5, 5.41) is 0. The Morgan fingerprint density at radius 2 is 2.30 bits per heavy atom. The predicted molar refractivity (Wildman–Crippen MR) is 38.3 cm³/mol. The van der Waals surface area contributed by atoms with Crippen LogP contribution in [0.2, 0.25) is 0 Å². The molecule has 0 saturated carbocycles. The van der Waals surface area contributed by atoms with Crippen LogP contribution in [0.4, 0.5) is 0 Å². The SMILES string of the molecule is CN1CCN(CN)CC1=O. The topological polar surface area (TPSA) is 49.6 Å². The average molecular weight is 143 g/mol. The molecule has 2 N–H and O–H groups in total. The van der Waals surface area contributed by atoms with Crippen molar-refractivity contribution < 1.29 is 4.79 Å². The number of nitrogens with two attached hydrogens (primary N) is 1. The number of piperazine rings is 1. The summed E-state index contributed by atoms with van der Waals surface area (Å²) >= 11 is 0. The van der Waals surface area contributed by atoms with Gasteiger partial charge < -0.3 is 10.6 Å². The monoisotopic (exact) mass is 143 g/mol. The lowest BCUT2D eigenvalue weighted by molar-refractivity contribution is -0.134. The molecule has 0 unspecified atom stereocenters. The van der Waals surface area contributed by atoms with E-state index >= 15 is 0 Å². The fraction of sp³-hybridized carbons (Fsp3) is 0.833. The lowest BCUT2D eigenvalue weighted by atomic mass is 10.3. The molecular formula is C6H13N3O. The number of nitrogens with zero attached hydrogens (tertiary/aromatic N) is 2. The van der Waals surface area contributed by atoms with E-state index in [1.165, 1.54) is 0 Å². The quantitative estimate of drug-likeness (QED) is 0.495. The van der Waals surface area contributed by atoms with Gasteiger partial charge in [-0.2, -0.15) is 0 Å². The smallest absolute Gasteiger partial charge is 0.236 e. The van der Waals surface area contributed by atoms with Crippen LogP contribution in [-0.4, -0.2) is 49.1 Å². The summed E-state index contributed by atoms with van der Waals surface area (Å²) in [6, 6.07) is 0. The molecule has 1 rings (SSSR count). The van der Waals surface area contributed by atoms with E-state index in [0.29, 0.717) is 13.2 Å². The number of likely N-dealkylation sites (N-methyl/N-ethyl adjacent to an activating group) is 1. The normalized spacial score (nSPS) is 21.8. The molecule has 4 nitrogen and oxygen atoms in total. The van der Waals surface area contributed by atoms with Gasteiger partial charge in [-0.25, -0.2) is 0 Å². The first-order valence-electron chi connectivity index (χ1n) is 3.40. The Morgan fingerprint density at radius 3 is 2.80 bits per heavy atom. The fourth-order valence-electron chi connectivity index (χ4n) is 0.963. The second-order valence-corrected chi connectivity index (χ2v) is 2.55. The summed E-state index contributed by atoms with van der Waals surface area (Å²) in [6.45, 7) is 2.67. The molecule has 0 atom stereocenters. The number of rotatable bonds is 1. The minimum absolute atomic E-state index is 0.164.